The fourth-order valence-corrected chi connectivity index (χ4v) is 1.98. The maximum absolute atomic E-state index is 11.7. The lowest BCUT2D eigenvalue weighted by Crippen LogP contribution is -2.33. The van der Waals surface area contributed by atoms with Crippen LogP contribution < -0.4 is 5.32 Å². The van der Waals surface area contributed by atoms with E-state index in [1.165, 1.54) is 0 Å². The third-order valence-corrected chi connectivity index (χ3v) is 2.95. The molecular formula is C15H20INO4. The molecule has 0 spiro atoms. The minimum Gasteiger partial charge on any atom is -0.462 e. The third kappa shape index (κ3) is 7.89. The second-order valence-electron chi connectivity index (χ2n) is 5.43. The van der Waals surface area contributed by atoms with Gasteiger partial charge in [0.25, 0.3) is 0 Å². The number of ether oxygens (including phenoxy) is 2. The first-order valence-electron chi connectivity index (χ1n) is 6.67. The second kappa shape index (κ2) is 8.21. The predicted molar refractivity (Wildman–Crippen MR) is 88.3 cm³/mol. The summed E-state index contributed by atoms with van der Waals surface area (Å²) in [5.41, 5.74) is 0.0167. The van der Waals surface area contributed by atoms with Gasteiger partial charge in [0.15, 0.2) is 0 Å². The summed E-state index contributed by atoms with van der Waals surface area (Å²) in [5.74, 6) is -0.356. The Labute approximate surface area is 138 Å². The Kier molecular flexibility index (Phi) is 6.94. The van der Waals surface area contributed by atoms with Gasteiger partial charge in [0, 0.05) is 10.1 Å². The summed E-state index contributed by atoms with van der Waals surface area (Å²) in [6, 6.07) is 7.19. The van der Waals surface area contributed by atoms with E-state index < -0.39 is 11.7 Å². The summed E-state index contributed by atoms with van der Waals surface area (Å²) in [5, 5.41) is 2.61. The number of hydrogen-bond donors (Lipinski definition) is 1. The molecule has 116 valence electrons. The van der Waals surface area contributed by atoms with E-state index >= 15 is 0 Å². The lowest BCUT2D eigenvalue weighted by atomic mass is 10.2. The van der Waals surface area contributed by atoms with Crippen LogP contribution in [-0.2, 0) is 9.47 Å². The van der Waals surface area contributed by atoms with Crippen LogP contribution in [0.5, 0.6) is 0 Å². The van der Waals surface area contributed by atoms with Crippen LogP contribution in [0.25, 0.3) is 0 Å². The molecule has 0 heterocycles. The highest BCUT2D eigenvalue weighted by Gasteiger charge is 2.15. The van der Waals surface area contributed by atoms with Crippen molar-refractivity contribution in [1.29, 1.82) is 0 Å². The van der Waals surface area contributed by atoms with Crippen LogP contribution in [0.1, 0.15) is 37.6 Å². The Morgan fingerprint density at radius 3 is 2.62 bits per heavy atom. The molecule has 21 heavy (non-hydrogen) atoms. The van der Waals surface area contributed by atoms with E-state index in [0.29, 0.717) is 18.5 Å². The number of nitrogens with one attached hydrogen (secondary N) is 1. The Morgan fingerprint density at radius 2 is 2.00 bits per heavy atom. The molecule has 0 bridgehead atoms. The van der Waals surface area contributed by atoms with Crippen molar-refractivity contribution in [2.45, 2.75) is 32.8 Å². The number of halogens is 1. The SMILES string of the molecule is CC(C)(C)OC(=O)NCCCOC(=O)c1cccc(I)c1. The van der Waals surface area contributed by atoms with E-state index in [4.69, 9.17) is 9.47 Å². The Hall–Kier alpha value is -1.31. The summed E-state index contributed by atoms with van der Waals surface area (Å²) in [6.45, 7) is 6.05. The van der Waals surface area contributed by atoms with Gasteiger partial charge in [-0.15, -0.1) is 0 Å². The van der Waals surface area contributed by atoms with Crippen LogP contribution in [0, 0.1) is 3.57 Å². The van der Waals surface area contributed by atoms with Crippen LogP contribution in [0.3, 0.4) is 0 Å². The zero-order valence-corrected chi connectivity index (χ0v) is 14.6. The highest BCUT2D eigenvalue weighted by molar-refractivity contribution is 14.1. The fraction of sp³-hybridized carbons (Fsp3) is 0.467. The van der Waals surface area contributed by atoms with E-state index in [2.05, 4.69) is 27.9 Å². The van der Waals surface area contributed by atoms with Gasteiger partial charge in [0.2, 0.25) is 0 Å². The Morgan fingerprint density at radius 1 is 1.29 bits per heavy atom. The molecule has 5 nitrogen and oxygen atoms in total. The minimum absolute atomic E-state index is 0.250. The average molecular weight is 405 g/mol. The maximum Gasteiger partial charge on any atom is 0.407 e. The number of hydrogen-bond acceptors (Lipinski definition) is 4. The molecule has 1 aromatic carbocycles. The summed E-state index contributed by atoms with van der Waals surface area (Å²) in [7, 11) is 0. The van der Waals surface area contributed by atoms with E-state index in [9.17, 15) is 9.59 Å². The molecule has 6 heteroatoms. The molecule has 0 unspecified atom stereocenters. The highest BCUT2D eigenvalue weighted by atomic mass is 127. The van der Waals surface area contributed by atoms with Crippen molar-refractivity contribution in [3.63, 3.8) is 0 Å². The molecule has 0 fully saturated rings. The summed E-state index contributed by atoms with van der Waals surface area (Å²) < 4.78 is 11.2. The maximum atomic E-state index is 11.7. The molecule has 0 saturated heterocycles. The van der Waals surface area contributed by atoms with Crippen LogP contribution in [0.4, 0.5) is 4.79 Å². The Bertz CT molecular complexity index is 497. The highest BCUT2D eigenvalue weighted by Crippen LogP contribution is 2.09. The smallest absolute Gasteiger partial charge is 0.407 e. The first-order valence-corrected chi connectivity index (χ1v) is 7.75. The molecule has 0 radical (unpaired) electrons. The molecule has 1 rings (SSSR count). The zero-order valence-electron chi connectivity index (χ0n) is 12.4. The van der Waals surface area contributed by atoms with Crippen molar-refractivity contribution in [2.24, 2.45) is 0 Å². The van der Waals surface area contributed by atoms with Crippen LogP contribution in [0.15, 0.2) is 24.3 Å². The van der Waals surface area contributed by atoms with Crippen LogP contribution in [-0.4, -0.2) is 30.8 Å². The van der Waals surface area contributed by atoms with Crippen molar-refractivity contribution in [3.05, 3.63) is 33.4 Å². The number of esters is 1. The number of rotatable bonds is 5. The van der Waals surface area contributed by atoms with Crippen molar-refractivity contribution < 1.29 is 19.1 Å². The minimum atomic E-state index is -0.513. The first-order chi connectivity index (χ1) is 9.78. The third-order valence-electron chi connectivity index (χ3n) is 2.28. The normalized spacial score (nSPS) is 10.9. The lowest BCUT2D eigenvalue weighted by molar-refractivity contribution is 0.0483. The number of alkyl carbamates (subject to hydrolysis) is 1. The van der Waals surface area contributed by atoms with Gasteiger partial charge >= 0.3 is 12.1 Å². The van der Waals surface area contributed by atoms with E-state index in [1.54, 1.807) is 32.9 Å². The van der Waals surface area contributed by atoms with E-state index in [-0.39, 0.29) is 12.6 Å². The van der Waals surface area contributed by atoms with Crippen LogP contribution >= 0.6 is 22.6 Å². The van der Waals surface area contributed by atoms with Gasteiger partial charge in [0.1, 0.15) is 5.60 Å². The van der Waals surface area contributed by atoms with Gasteiger partial charge in [-0.25, -0.2) is 9.59 Å². The van der Waals surface area contributed by atoms with Gasteiger partial charge < -0.3 is 14.8 Å². The molecule has 0 saturated carbocycles. The largest absolute Gasteiger partial charge is 0.462 e. The van der Waals surface area contributed by atoms with Gasteiger partial charge in [-0.3, -0.25) is 0 Å². The monoisotopic (exact) mass is 405 g/mol. The zero-order chi connectivity index (χ0) is 15.9. The summed E-state index contributed by atoms with van der Waals surface area (Å²) >= 11 is 2.14. The molecule has 0 atom stereocenters. The van der Waals surface area contributed by atoms with E-state index in [1.807, 2.05) is 12.1 Å². The van der Waals surface area contributed by atoms with Crippen molar-refractivity contribution in [1.82, 2.24) is 5.32 Å². The van der Waals surface area contributed by atoms with E-state index in [0.717, 1.165) is 3.57 Å². The van der Waals surface area contributed by atoms with Gasteiger partial charge in [-0.1, -0.05) is 6.07 Å². The fourth-order valence-electron chi connectivity index (χ4n) is 1.44. The molecule has 0 aliphatic rings. The molecule has 0 aliphatic heterocycles. The molecule has 1 aromatic rings. The van der Waals surface area contributed by atoms with Gasteiger partial charge in [0.05, 0.1) is 12.2 Å². The van der Waals surface area contributed by atoms with Crippen molar-refractivity contribution in [2.75, 3.05) is 13.2 Å². The Balaban J connectivity index is 2.20. The molecule has 1 amide bonds. The predicted octanol–water partition coefficient (Wildman–Crippen LogP) is 3.36. The lowest BCUT2D eigenvalue weighted by Gasteiger charge is -2.19. The molecule has 0 aromatic heterocycles. The summed E-state index contributed by atoms with van der Waals surface area (Å²) in [4.78, 5) is 23.1. The standard InChI is InChI=1S/C15H20INO4/c1-15(2,3)21-14(19)17-8-5-9-20-13(18)11-6-4-7-12(16)10-11/h4,6-7,10H,5,8-9H2,1-3H3,(H,17,19). The van der Waals surface area contributed by atoms with Crippen molar-refractivity contribution >= 4 is 34.7 Å². The van der Waals surface area contributed by atoms with Crippen molar-refractivity contribution in [3.8, 4) is 0 Å². The van der Waals surface area contributed by atoms with Gasteiger partial charge in [-0.05, 0) is 68.0 Å². The molecular weight excluding hydrogens is 385 g/mol. The second-order valence-corrected chi connectivity index (χ2v) is 6.67. The van der Waals surface area contributed by atoms with Gasteiger partial charge in [-0.2, -0.15) is 0 Å². The number of amides is 1. The average Bonchev–Trinajstić information content (AvgIpc) is 2.36. The van der Waals surface area contributed by atoms with Crippen LogP contribution in [0.2, 0.25) is 0 Å². The number of carbonyl (C=O) groups is 2. The first kappa shape index (κ1) is 17.7. The number of benzene rings is 1. The summed E-state index contributed by atoms with van der Waals surface area (Å²) in [6.07, 6.45) is 0.0704. The molecule has 1 N–H and O–H groups in total. The number of carbonyl (C=O) groups excluding carboxylic acids is 2. The topological polar surface area (TPSA) is 64.6 Å². The molecule has 0 aliphatic carbocycles. The quantitative estimate of drug-likeness (QED) is 0.464.